The van der Waals surface area contributed by atoms with E-state index < -0.39 is 11.4 Å². The van der Waals surface area contributed by atoms with Crippen molar-refractivity contribution in [2.45, 2.75) is 25.2 Å². The summed E-state index contributed by atoms with van der Waals surface area (Å²) in [5, 5.41) is 0. The van der Waals surface area contributed by atoms with Crippen LogP contribution in [0.25, 0.3) is 0 Å². The van der Waals surface area contributed by atoms with Crippen molar-refractivity contribution in [2.75, 3.05) is 13.7 Å². The van der Waals surface area contributed by atoms with E-state index in [4.69, 9.17) is 9.15 Å². The largest absolute Gasteiger partial charge is 0.465 e. The van der Waals surface area contributed by atoms with Crippen molar-refractivity contribution in [1.29, 1.82) is 0 Å². The maximum absolute atomic E-state index is 12.0. The molecule has 18 heavy (non-hydrogen) atoms. The summed E-state index contributed by atoms with van der Waals surface area (Å²) in [6, 6.07) is 0. The predicted octanol–water partition coefficient (Wildman–Crippen LogP) is 0.974. The molecule has 1 aromatic heterocycles. The Morgan fingerprint density at radius 2 is 2.33 bits per heavy atom. The second kappa shape index (κ2) is 3.57. The first-order chi connectivity index (χ1) is 8.59. The highest BCUT2D eigenvalue weighted by Gasteiger charge is 2.67. The first-order valence-electron chi connectivity index (χ1n) is 5.83. The Kier molecular flexibility index (Phi) is 2.23. The van der Waals surface area contributed by atoms with Crippen molar-refractivity contribution in [3.05, 3.63) is 17.3 Å². The summed E-state index contributed by atoms with van der Waals surface area (Å²) in [6.07, 6.45) is 1.45. The molecular formula is C12H13NO5. The van der Waals surface area contributed by atoms with Gasteiger partial charge in [0.1, 0.15) is 5.41 Å². The Morgan fingerprint density at radius 3 is 3.00 bits per heavy atom. The molecule has 2 aliphatic rings. The van der Waals surface area contributed by atoms with Gasteiger partial charge in [-0.25, -0.2) is 9.78 Å². The number of esters is 2. The van der Waals surface area contributed by atoms with E-state index in [1.165, 1.54) is 7.11 Å². The molecule has 96 valence electrons. The lowest BCUT2D eigenvalue weighted by molar-refractivity contribution is -0.150. The van der Waals surface area contributed by atoms with Crippen LogP contribution in [0.3, 0.4) is 0 Å². The molecule has 1 aliphatic heterocycles. The Morgan fingerprint density at radius 1 is 1.56 bits per heavy atom. The minimum absolute atomic E-state index is 0.0938. The summed E-state index contributed by atoms with van der Waals surface area (Å²) in [5.41, 5.74) is -0.709. The Labute approximate surface area is 103 Å². The van der Waals surface area contributed by atoms with Crippen molar-refractivity contribution in [1.82, 2.24) is 4.98 Å². The number of methoxy groups -OCH3 is 1. The predicted molar refractivity (Wildman–Crippen MR) is 57.9 cm³/mol. The minimum atomic E-state index is -0.803. The van der Waals surface area contributed by atoms with Gasteiger partial charge in [-0.15, -0.1) is 0 Å². The van der Waals surface area contributed by atoms with E-state index in [2.05, 4.69) is 9.72 Å². The molecule has 1 saturated carbocycles. The monoisotopic (exact) mass is 251 g/mol. The number of rotatable bonds is 2. The molecule has 1 saturated heterocycles. The molecule has 3 rings (SSSR count). The SMILES string of the molecule is COC(=O)c1nc(C)oc1C12CC1CCOC2=O. The standard InChI is InChI=1S/C12H13NO5/c1-6-13-8(10(14)16-2)9(18-6)12-5-7(12)3-4-17-11(12)15/h7H,3-5H2,1-2H3. The molecule has 2 heterocycles. The number of aryl methyl sites for hydroxylation is 1. The van der Waals surface area contributed by atoms with Crippen molar-refractivity contribution in [3.63, 3.8) is 0 Å². The summed E-state index contributed by atoms with van der Waals surface area (Å²) in [4.78, 5) is 27.6. The van der Waals surface area contributed by atoms with E-state index in [0.29, 0.717) is 24.7 Å². The van der Waals surface area contributed by atoms with Gasteiger partial charge < -0.3 is 13.9 Å². The van der Waals surface area contributed by atoms with Gasteiger partial charge in [-0.2, -0.15) is 0 Å². The number of nitrogens with zero attached hydrogens (tertiary/aromatic N) is 1. The maximum atomic E-state index is 12.0. The topological polar surface area (TPSA) is 78.6 Å². The third-order valence-corrected chi connectivity index (χ3v) is 3.69. The quantitative estimate of drug-likeness (QED) is 0.729. The lowest BCUT2D eigenvalue weighted by Gasteiger charge is -2.19. The molecule has 0 spiro atoms. The van der Waals surface area contributed by atoms with Gasteiger partial charge in [0.25, 0.3) is 0 Å². The van der Waals surface area contributed by atoms with Gasteiger partial charge in [0.2, 0.25) is 0 Å². The fourth-order valence-electron chi connectivity index (χ4n) is 2.69. The maximum Gasteiger partial charge on any atom is 0.360 e. The number of cyclic esters (lactones) is 1. The third kappa shape index (κ3) is 1.31. The number of aromatic nitrogens is 1. The number of fused-ring (bicyclic) bond motifs is 1. The zero-order chi connectivity index (χ0) is 12.9. The van der Waals surface area contributed by atoms with Gasteiger partial charge >= 0.3 is 11.9 Å². The number of hydrogen-bond donors (Lipinski definition) is 0. The summed E-state index contributed by atoms with van der Waals surface area (Å²) in [5.74, 6) is -0.0554. The van der Waals surface area contributed by atoms with Gasteiger partial charge in [0, 0.05) is 6.92 Å². The highest BCUT2D eigenvalue weighted by Crippen LogP contribution is 2.59. The van der Waals surface area contributed by atoms with E-state index in [9.17, 15) is 9.59 Å². The Balaban J connectivity index is 2.07. The van der Waals surface area contributed by atoms with Crippen molar-refractivity contribution in [3.8, 4) is 0 Å². The number of oxazole rings is 1. The first kappa shape index (κ1) is 11.3. The number of ether oxygens (including phenoxy) is 2. The fourth-order valence-corrected chi connectivity index (χ4v) is 2.69. The highest BCUT2D eigenvalue weighted by atomic mass is 16.5. The summed E-state index contributed by atoms with van der Waals surface area (Å²) >= 11 is 0. The van der Waals surface area contributed by atoms with Crippen LogP contribution in [0.1, 0.15) is 35.0 Å². The minimum Gasteiger partial charge on any atom is -0.465 e. The molecule has 0 bridgehead atoms. The Hall–Kier alpha value is -1.85. The van der Waals surface area contributed by atoms with Gasteiger partial charge in [-0.05, 0) is 18.8 Å². The molecule has 6 nitrogen and oxygen atoms in total. The van der Waals surface area contributed by atoms with Crippen LogP contribution in [0.2, 0.25) is 0 Å². The zero-order valence-electron chi connectivity index (χ0n) is 10.2. The van der Waals surface area contributed by atoms with E-state index in [0.717, 1.165) is 6.42 Å². The second-order valence-electron chi connectivity index (χ2n) is 4.70. The smallest absolute Gasteiger partial charge is 0.360 e. The van der Waals surface area contributed by atoms with Gasteiger partial charge in [-0.3, -0.25) is 4.79 Å². The van der Waals surface area contributed by atoms with Crippen LogP contribution in [0.5, 0.6) is 0 Å². The molecule has 0 amide bonds. The van der Waals surface area contributed by atoms with Gasteiger partial charge in [0.15, 0.2) is 17.3 Å². The third-order valence-electron chi connectivity index (χ3n) is 3.69. The molecule has 2 fully saturated rings. The van der Waals surface area contributed by atoms with Crippen LogP contribution in [0.15, 0.2) is 4.42 Å². The molecule has 0 N–H and O–H groups in total. The molecule has 1 aliphatic carbocycles. The van der Waals surface area contributed by atoms with Crippen LogP contribution in [0.4, 0.5) is 0 Å². The molecule has 2 atom stereocenters. The fraction of sp³-hybridized carbons (Fsp3) is 0.583. The van der Waals surface area contributed by atoms with Crippen LogP contribution in [0, 0.1) is 12.8 Å². The molecule has 0 aromatic carbocycles. The van der Waals surface area contributed by atoms with Crippen LogP contribution >= 0.6 is 0 Å². The van der Waals surface area contributed by atoms with Crippen LogP contribution in [-0.2, 0) is 19.7 Å². The van der Waals surface area contributed by atoms with Crippen molar-refractivity contribution in [2.24, 2.45) is 5.92 Å². The van der Waals surface area contributed by atoms with E-state index in [-0.39, 0.29) is 17.6 Å². The van der Waals surface area contributed by atoms with Crippen LogP contribution < -0.4 is 0 Å². The lowest BCUT2D eigenvalue weighted by Crippen LogP contribution is -2.31. The van der Waals surface area contributed by atoms with E-state index in [1.807, 2.05) is 0 Å². The molecule has 2 unspecified atom stereocenters. The Bertz CT molecular complexity index is 535. The van der Waals surface area contributed by atoms with Gasteiger partial charge in [-0.1, -0.05) is 0 Å². The second-order valence-corrected chi connectivity index (χ2v) is 4.70. The average molecular weight is 251 g/mol. The molecule has 6 heteroatoms. The normalized spacial score (nSPS) is 29.4. The molecule has 0 radical (unpaired) electrons. The summed E-state index contributed by atoms with van der Waals surface area (Å²) in [6.45, 7) is 2.07. The number of carbonyl (C=O) groups is 2. The summed E-state index contributed by atoms with van der Waals surface area (Å²) < 4.78 is 15.2. The van der Waals surface area contributed by atoms with Crippen LogP contribution in [-0.4, -0.2) is 30.6 Å². The number of hydrogen-bond acceptors (Lipinski definition) is 6. The van der Waals surface area contributed by atoms with Crippen molar-refractivity contribution >= 4 is 11.9 Å². The van der Waals surface area contributed by atoms with Gasteiger partial charge in [0.05, 0.1) is 13.7 Å². The number of carbonyl (C=O) groups excluding carboxylic acids is 2. The lowest BCUT2D eigenvalue weighted by atomic mass is 9.95. The molecule has 1 aromatic rings. The first-order valence-corrected chi connectivity index (χ1v) is 5.83. The molecular weight excluding hydrogens is 238 g/mol. The summed E-state index contributed by atoms with van der Waals surface area (Å²) in [7, 11) is 1.28. The van der Waals surface area contributed by atoms with E-state index >= 15 is 0 Å². The van der Waals surface area contributed by atoms with Crippen molar-refractivity contribution < 1.29 is 23.5 Å². The average Bonchev–Trinajstić information content (AvgIpc) is 2.99. The van der Waals surface area contributed by atoms with E-state index in [1.54, 1.807) is 6.92 Å². The highest BCUT2D eigenvalue weighted by molar-refractivity contribution is 5.94. The zero-order valence-corrected chi connectivity index (χ0v) is 10.2.